The van der Waals surface area contributed by atoms with E-state index in [-0.39, 0.29) is 0 Å². The largest absolute Gasteiger partial charge is 0.463 e. The maximum atomic E-state index is 11.4. The lowest BCUT2D eigenvalue weighted by atomic mass is 10.0. The number of hydrogen-bond donors (Lipinski definition) is 1. The lowest BCUT2D eigenvalue weighted by Gasteiger charge is -2.06. The van der Waals surface area contributed by atoms with Crippen LogP contribution in [0.2, 0.25) is 0 Å². The first-order chi connectivity index (χ1) is 14.7. The molecule has 0 saturated carbocycles. The van der Waals surface area contributed by atoms with Crippen LogP contribution in [0.25, 0.3) is 28.4 Å². The number of aromatic nitrogens is 4. The Labute approximate surface area is 171 Å². The topological polar surface area (TPSA) is 99.3 Å². The summed E-state index contributed by atoms with van der Waals surface area (Å²) in [6.45, 7) is 0. The van der Waals surface area contributed by atoms with Crippen LogP contribution in [-0.4, -0.2) is 25.5 Å². The normalized spacial score (nSPS) is 11.1. The molecule has 0 aliphatic rings. The molecule has 0 unspecified atom stereocenters. The SMILES string of the molecule is NC(=O)c1cccc(Cc2cnn3c(-c4ccnc(-c5ccco5)c4)cnc3c2)c1. The molecule has 30 heavy (non-hydrogen) atoms. The first-order valence-corrected chi connectivity index (χ1v) is 9.39. The summed E-state index contributed by atoms with van der Waals surface area (Å²) in [6, 6.07) is 16.9. The minimum atomic E-state index is -0.436. The number of amides is 1. The summed E-state index contributed by atoms with van der Waals surface area (Å²) in [5.41, 5.74) is 11.1. The predicted octanol–water partition coefficient (Wildman–Crippen LogP) is 3.74. The maximum Gasteiger partial charge on any atom is 0.248 e. The van der Waals surface area contributed by atoms with Crippen molar-refractivity contribution in [1.82, 2.24) is 19.6 Å². The van der Waals surface area contributed by atoms with Gasteiger partial charge in [-0.2, -0.15) is 5.10 Å². The van der Waals surface area contributed by atoms with Gasteiger partial charge in [-0.25, -0.2) is 9.50 Å². The van der Waals surface area contributed by atoms with Crippen LogP contribution in [0.15, 0.2) is 83.9 Å². The number of hydrogen-bond acceptors (Lipinski definition) is 5. The molecule has 7 nitrogen and oxygen atoms in total. The third kappa shape index (κ3) is 3.33. The summed E-state index contributed by atoms with van der Waals surface area (Å²) < 4.78 is 7.24. The lowest BCUT2D eigenvalue weighted by Crippen LogP contribution is -2.11. The van der Waals surface area contributed by atoms with Crippen LogP contribution in [0.4, 0.5) is 0 Å². The van der Waals surface area contributed by atoms with Crippen molar-refractivity contribution in [3.63, 3.8) is 0 Å². The maximum absolute atomic E-state index is 11.4. The first-order valence-electron chi connectivity index (χ1n) is 9.39. The van der Waals surface area contributed by atoms with Crippen LogP contribution < -0.4 is 5.73 Å². The van der Waals surface area contributed by atoms with Crippen molar-refractivity contribution in [3.05, 3.63) is 96.1 Å². The smallest absolute Gasteiger partial charge is 0.248 e. The minimum Gasteiger partial charge on any atom is -0.463 e. The van der Waals surface area contributed by atoms with Gasteiger partial charge in [0.2, 0.25) is 5.91 Å². The van der Waals surface area contributed by atoms with Gasteiger partial charge in [0.1, 0.15) is 5.69 Å². The van der Waals surface area contributed by atoms with Crippen LogP contribution in [0.3, 0.4) is 0 Å². The predicted molar refractivity (Wildman–Crippen MR) is 112 cm³/mol. The van der Waals surface area contributed by atoms with E-state index in [9.17, 15) is 4.79 Å². The molecule has 5 aromatic rings. The molecule has 1 amide bonds. The van der Waals surface area contributed by atoms with Crippen molar-refractivity contribution < 1.29 is 9.21 Å². The number of primary amides is 1. The fourth-order valence-corrected chi connectivity index (χ4v) is 3.43. The number of carbonyl (C=O) groups excluding carboxylic acids is 1. The van der Waals surface area contributed by atoms with E-state index >= 15 is 0 Å². The molecular formula is C23H17N5O2. The van der Waals surface area contributed by atoms with E-state index in [1.807, 2.05) is 48.7 Å². The third-order valence-corrected chi connectivity index (χ3v) is 4.87. The quantitative estimate of drug-likeness (QED) is 0.489. The highest BCUT2D eigenvalue weighted by molar-refractivity contribution is 5.92. The van der Waals surface area contributed by atoms with Gasteiger partial charge in [0.25, 0.3) is 0 Å². The molecule has 0 radical (unpaired) electrons. The van der Waals surface area contributed by atoms with Gasteiger partial charge in [-0.05, 0) is 60.0 Å². The third-order valence-electron chi connectivity index (χ3n) is 4.87. The number of carbonyl (C=O) groups is 1. The highest BCUT2D eigenvalue weighted by atomic mass is 16.3. The Morgan fingerprint density at radius 1 is 1.00 bits per heavy atom. The van der Waals surface area contributed by atoms with Gasteiger partial charge in [0, 0.05) is 17.3 Å². The van der Waals surface area contributed by atoms with Crippen molar-refractivity contribution in [2.45, 2.75) is 6.42 Å². The second-order valence-corrected chi connectivity index (χ2v) is 6.93. The summed E-state index contributed by atoms with van der Waals surface area (Å²) in [5, 5.41) is 4.58. The molecule has 0 fully saturated rings. The number of nitrogens with zero attached hydrogens (tertiary/aromatic N) is 4. The Balaban J connectivity index is 1.47. The lowest BCUT2D eigenvalue weighted by molar-refractivity contribution is 0.1000. The van der Waals surface area contributed by atoms with Gasteiger partial charge in [-0.3, -0.25) is 9.78 Å². The number of fused-ring (bicyclic) bond motifs is 1. The van der Waals surface area contributed by atoms with Gasteiger partial charge in [0.05, 0.1) is 24.4 Å². The zero-order chi connectivity index (χ0) is 20.5. The van der Waals surface area contributed by atoms with Gasteiger partial charge in [-0.1, -0.05) is 12.1 Å². The van der Waals surface area contributed by atoms with E-state index in [1.165, 1.54) is 0 Å². The molecule has 2 N–H and O–H groups in total. The number of imidazole rings is 1. The molecule has 4 aromatic heterocycles. The molecular weight excluding hydrogens is 378 g/mol. The zero-order valence-electron chi connectivity index (χ0n) is 15.9. The fraction of sp³-hybridized carbons (Fsp3) is 0.0435. The molecule has 7 heteroatoms. The van der Waals surface area contributed by atoms with Crippen molar-refractivity contribution >= 4 is 11.6 Å². The summed E-state index contributed by atoms with van der Waals surface area (Å²) in [6.07, 6.45) is 7.60. The van der Waals surface area contributed by atoms with Crippen LogP contribution >= 0.6 is 0 Å². The molecule has 0 bridgehead atoms. The number of benzene rings is 1. The van der Waals surface area contributed by atoms with Gasteiger partial charge in [-0.15, -0.1) is 0 Å². The summed E-state index contributed by atoms with van der Waals surface area (Å²) in [7, 11) is 0. The van der Waals surface area contributed by atoms with Gasteiger partial charge >= 0.3 is 0 Å². The Kier molecular flexibility index (Phi) is 4.33. The summed E-state index contributed by atoms with van der Waals surface area (Å²) in [5.74, 6) is 0.272. The van der Waals surface area contributed by atoms with Crippen LogP contribution in [-0.2, 0) is 6.42 Å². The van der Waals surface area contributed by atoms with E-state index in [4.69, 9.17) is 10.2 Å². The van der Waals surface area contributed by atoms with E-state index in [0.717, 1.165) is 33.7 Å². The van der Waals surface area contributed by atoms with Crippen molar-refractivity contribution in [1.29, 1.82) is 0 Å². The highest BCUT2D eigenvalue weighted by Gasteiger charge is 2.11. The average molecular weight is 395 g/mol. The monoisotopic (exact) mass is 395 g/mol. The number of rotatable bonds is 5. The van der Waals surface area contributed by atoms with E-state index < -0.39 is 5.91 Å². The second-order valence-electron chi connectivity index (χ2n) is 6.93. The standard InChI is InChI=1S/C23H17N5O2/c24-23(29)18-4-1-3-15(10-18)9-16-11-22-26-14-20(28(22)27-13-16)17-6-7-25-19(12-17)21-5-2-8-30-21/h1-8,10-14H,9H2,(H2,24,29). The molecule has 0 atom stereocenters. The van der Waals surface area contributed by atoms with E-state index in [2.05, 4.69) is 15.1 Å². The average Bonchev–Trinajstić information content (AvgIpc) is 3.44. The van der Waals surface area contributed by atoms with Crippen LogP contribution in [0, 0.1) is 0 Å². The Morgan fingerprint density at radius 2 is 1.93 bits per heavy atom. The second kappa shape index (κ2) is 7.29. The number of pyridine rings is 1. The molecule has 0 saturated heterocycles. The van der Waals surface area contributed by atoms with E-state index in [1.54, 1.807) is 35.3 Å². The van der Waals surface area contributed by atoms with Gasteiger partial charge in [0.15, 0.2) is 11.4 Å². The summed E-state index contributed by atoms with van der Waals surface area (Å²) >= 11 is 0. The molecule has 1 aromatic carbocycles. The highest BCUT2D eigenvalue weighted by Crippen LogP contribution is 2.25. The molecule has 0 aliphatic carbocycles. The summed E-state index contributed by atoms with van der Waals surface area (Å²) in [4.78, 5) is 20.3. The van der Waals surface area contributed by atoms with E-state index in [0.29, 0.717) is 17.7 Å². The Morgan fingerprint density at radius 3 is 2.77 bits per heavy atom. The number of nitrogens with two attached hydrogens (primary N) is 1. The van der Waals surface area contributed by atoms with Crippen LogP contribution in [0.5, 0.6) is 0 Å². The Bertz CT molecular complexity index is 1360. The molecule has 0 aliphatic heterocycles. The van der Waals surface area contributed by atoms with Crippen molar-refractivity contribution in [2.75, 3.05) is 0 Å². The zero-order valence-corrected chi connectivity index (χ0v) is 15.9. The number of furan rings is 1. The molecule has 5 rings (SSSR count). The fourth-order valence-electron chi connectivity index (χ4n) is 3.43. The Hall–Kier alpha value is -4.26. The molecule has 146 valence electrons. The van der Waals surface area contributed by atoms with Crippen molar-refractivity contribution in [3.8, 4) is 22.7 Å². The molecule has 4 heterocycles. The minimum absolute atomic E-state index is 0.436. The van der Waals surface area contributed by atoms with Gasteiger partial charge < -0.3 is 10.2 Å². The first kappa shape index (κ1) is 17.8. The van der Waals surface area contributed by atoms with Crippen molar-refractivity contribution in [2.24, 2.45) is 5.73 Å². The molecule has 0 spiro atoms. The van der Waals surface area contributed by atoms with Crippen LogP contribution in [0.1, 0.15) is 21.5 Å².